The summed E-state index contributed by atoms with van der Waals surface area (Å²) in [6.45, 7) is 13.6. The van der Waals surface area contributed by atoms with Gasteiger partial charge in [-0.3, -0.25) is 4.21 Å². The predicted molar refractivity (Wildman–Crippen MR) is 87.1 cm³/mol. The first-order chi connectivity index (χ1) is 8.30. The number of nitrogens with zero attached hydrogens (tertiary/aromatic N) is 1. The molecule has 0 amide bonds. The van der Waals surface area contributed by atoms with Gasteiger partial charge in [0.2, 0.25) is 0 Å². The topological polar surface area (TPSA) is 29.5 Å². The quantitative estimate of drug-likeness (QED) is 0.703. The lowest BCUT2D eigenvalue weighted by Crippen LogP contribution is -2.45. The molecule has 0 N–H and O–H groups in total. The van der Waals surface area contributed by atoms with Gasteiger partial charge in [-0.15, -0.1) is 0 Å². The van der Waals surface area contributed by atoms with Gasteiger partial charge in [0.15, 0.2) is 0 Å². The first-order valence-corrected chi connectivity index (χ1v) is 9.02. The van der Waals surface area contributed by atoms with Gasteiger partial charge in [-0.05, 0) is 44.9 Å². The van der Waals surface area contributed by atoms with Crippen LogP contribution in [0.3, 0.4) is 0 Å². The lowest BCUT2D eigenvalue weighted by molar-refractivity contribution is 0.00804. The first kappa shape index (κ1) is 18.9. The number of hydrogen-bond donors (Lipinski definition) is 0. The number of hydrogen-bond acceptors (Lipinski definition) is 2. The van der Waals surface area contributed by atoms with Crippen LogP contribution in [0.15, 0.2) is 0 Å². The molecule has 116 valence electrons. The second-order valence-electron chi connectivity index (χ2n) is 7.46. The van der Waals surface area contributed by atoms with E-state index in [0.717, 1.165) is 19.4 Å². The van der Waals surface area contributed by atoms with Crippen LogP contribution in [0.2, 0.25) is 0 Å². The van der Waals surface area contributed by atoms with Crippen molar-refractivity contribution >= 4 is 15.6 Å². The number of rotatable bonds is 6. The van der Waals surface area contributed by atoms with Gasteiger partial charge in [-0.1, -0.05) is 20.8 Å². The van der Waals surface area contributed by atoms with Crippen molar-refractivity contribution in [2.45, 2.75) is 66.0 Å². The molecule has 4 heteroatoms. The molecule has 0 radical (unpaired) electrons. The van der Waals surface area contributed by atoms with E-state index in [1.54, 1.807) is 13.4 Å². The van der Waals surface area contributed by atoms with E-state index in [2.05, 4.69) is 47.4 Å². The summed E-state index contributed by atoms with van der Waals surface area (Å²) in [5.74, 6) is 3.83. The highest BCUT2D eigenvalue weighted by molar-refractivity contribution is 7.97. The van der Waals surface area contributed by atoms with Gasteiger partial charge < -0.3 is 4.74 Å². The van der Waals surface area contributed by atoms with Gasteiger partial charge in [0.1, 0.15) is 0 Å². The predicted octanol–water partition coefficient (Wildman–Crippen LogP) is 3.19. The molecule has 0 rings (SSSR count). The Balaban J connectivity index is 4.61. The summed E-state index contributed by atoms with van der Waals surface area (Å²) >= 11 is 0. The van der Waals surface area contributed by atoms with Crippen molar-refractivity contribution in [1.82, 2.24) is 4.31 Å². The fourth-order valence-electron chi connectivity index (χ4n) is 2.43. The van der Waals surface area contributed by atoms with Crippen LogP contribution >= 0.6 is 0 Å². The van der Waals surface area contributed by atoms with E-state index in [1.807, 2.05) is 4.31 Å². The minimum absolute atomic E-state index is 0.127. The van der Waals surface area contributed by atoms with E-state index in [9.17, 15) is 4.21 Å². The molecule has 0 aromatic heterocycles. The summed E-state index contributed by atoms with van der Waals surface area (Å²) in [5, 5.41) is 0. The largest absolute Gasteiger partial charge is 0.381 e. The number of methoxy groups -OCH3 is 1. The summed E-state index contributed by atoms with van der Waals surface area (Å²) in [4.78, 5) is 0. The van der Waals surface area contributed by atoms with E-state index < -0.39 is 9.71 Å². The molecule has 2 atom stereocenters. The lowest BCUT2D eigenvalue weighted by Gasteiger charge is -2.37. The molecule has 0 saturated carbocycles. The zero-order valence-corrected chi connectivity index (χ0v) is 14.9. The van der Waals surface area contributed by atoms with Gasteiger partial charge in [0.25, 0.3) is 0 Å². The molecule has 0 aliphatic rings. The Morgan fingerprint density at radius 3 is 1.95 bits per heavy atom. The van der Waals surface area contributed by atoms with Crippen molar-refractivity contribution in [2.24, 2.45) is 5.41 Å². The standard InChI is InChI=1S/C15H33NO2S/c1-14(2,3)13(18-7)11-10-12-16(15(4,5)6)19(8,9)17/h13H,8,10-12H2,1-7,9H3. The molecule has 0 fully saturated rings. The van der Waals surface area contributed by atoms with Crippen LogP contribution < -0.4 is 0 Å². The summed E-state index contributed by atoms with van der Waals surface area (Å²) in [6.07, 6.45) is 3.89. The van der Waals surface area contributed by atoms with Gasteiger partial charge in [0, 0.05) is 35.2 Å². The summed E-state index contributed by atoms with van der Waals surface area (Å²) < 4.78 is 19.8. The minimum atomic E-state index is -2.17. The molecule has 2 unspecified atom stereocenters. The minimum Gasteiger partial charge on any atom is -0.381 e. The van der Waals surface area contributed by atoms with Gasteiger partial charge >= 0.3 is 0 Å². The summed E-state index contributed by atoms with van der Waals surface area (Å²) in [7, 11) is -0.405. The van der Waals surface area contributed by atoms with E-state index in [4.69, 9.17) is 4.74 Å². The maximum atomic E-state index is 12.3. The molecular weight excluding hydrogens is 258 g/mol. The Kier molecular flexibility index (Phi) is 6.57. The fourth-order valence-corrected chi connectivity index (χ4v) is 4.11. The average molecular weight is 292 g/mol. The van der Waals surface area contributed by atoms with Crippen molar-refractivity contribution in [1.29, 1.82) is 0 Å². The molecule has 0 spiro atoms. The van der Waals surface area contributed by atoms with E-state index >= 15 is 0 Å². The normalized spacial score (nSPS) is 18.4. The summed E-state index contributed by atoms with van der Waals surface area (Å²) in [6, 6.07) is 0. The zero-order chi connectivity index (χ0) is 15.5. The average Bonchev–Trinajstić information content (AvgIpc) is 2.11. The molecule has 3 nitrogen and oxygen atoms in total. The van der Waals surface area contributed by atoms with Crippen molar-refractivity contribution in [3.05, 3.63) is 0 Å². The second-order valence-corrected chi connectivity index (χ2v) is 9.82. The Morgan fingerprint density at radius 1 is 1.21 bits per heavy atom. The van der Waals surface area contributed by atoms with Gasteiger partial charge in [-0.25, -0.2) is 4.31 Å². The zero-order valence-electron chi connectivity index (χ0n) is 14.1. The van der Waals surface area contributed by atoms with E-state index in [0.29, 0.717) is 0 Å². The first-order valence-electron chi connectivity index (χ1n) is 6.93. The van der Waals surface area contributed by atoms with Crippen molar-refractivity contribution < 1.29 is 8.95 Å². The van der Waals surface area contributed by atoms with Crippen LogP contribution in [0.1, 0.15) is 54.4 Å². The molecule has 0 aromatic carbocycles. The fraction of sp³-hybridized carbons (Fsp3) is 0.933. The SMILES string of the molecule is C=S(C)(=O)N(CCCC(OC)C(C)(C)C)C(C)(C)C. The van der Waals surface area contributed by atoms with Crippen LogP contribution in [0.4, 0.5) is 0 Å². The van der Waals surface area contributed by atoms with Crippen LogP contribution in [-0.4, -0.2) is 45.9 Å². The molecule has 0 bridgehead atoms. The maximum absolute atomic E-state index is 12.3. The van der Waals surface area contributed by atoms with Crippen molar-refractivity contribution in [2.75, 3.05) is 19.9 Å². The van der Waals surface area contributed by atoms with Crippen LogP contribution in [0, 0.1) is 5.41 Å². The van der Waals surface area contributed by atoms with Crippen LogP contribution in [0.5, 0.6) is 0 Å². The second kappa shape index (κ2) is 6.59. The van der Waals surface area contributed by atoms with Crippen LogP contribution in [-0.2, 0) is 14.4 Å². The van der Waals surface area contributed by atoms with Gasteiger partial charge in [0.05, 0.1) is 6.10 Å². The Hall–Kier alpha value is -0.0600. The number of ether oxygens (including phenoxy) is 1. The highest BCUT2D eigenvalue weighted by Gasteiger charge is 2.28. The van der Waals surface area contributed by atoms with Crippen molar-refractivity contribution in [3.8, 4) is 0 Å². The van der Waals surface area contributed by atoms with Gasteiger partial charge in [-0.2, -0.15) is 0 Å². The van der Waals surface area contributed by atoms with Crippen LogP contribution in [0.25, 0.3) is 0 Å². The molecule has 0 aliphatic carbocycles. The molecule has 0 aliphatic heterocycles. The Morgan fingerprint density at radius 2 is 1.68 bits per heavy atom. The highest BCUT2D eigenvalue weighted by Crippen LogP contribution is 2.26. The molecule has 0 saturated heterocycles. The molecular formula is C15H33NO2S. The molecule has 0 heterocycles. The lowest BCUT2D eigenvalue weighted by atomic mass is 9.86. The molecule has 0 aromatic rings. The summed E-state index contributed by atoms with van der Waals surface area (Å²) in [5.41, 5.74) is 0.0112. The third-order valence-corrected chi connectivity index (χ3v) is 4.96. The maximum Gasteiger partial charge on any atom is 0.0620 e. The van der Waals surface area contributed by atoms with E-state index in [-0.39, 0.29) is 17.1 Å². The highest BCUT2D eigenvalue weighted by atomic mass is 32.2. The molecule has 19 heavy (non-hydrogen) atoms. The van der Waals surface area contributed by atoms with Crippen molar-refractivity contribution in [3.63, 3.8) is 0 Å². The smallest absolute Gasteiger partial charge is 0.0620 e. The third kappa shape index (κ3) is 6.77. The third-order valence-electron chi connectivity index (χ3n) is 3.29. The van der Waals surface area contributed by atoms with E-state index in [1.165, 1.54) is 0 Å². The monoisotopic (exact) mass is 291 g/mol. The Bertz CT molecular complexity index is 361. The Labute approximate surface area is 120 Å².